The van der Waals surface area contributed by atoms with Gasteiger partial charge in [0.2, 0.25) is 5.95 Å². The fraction of sp³-hybridized carbons (Fsp3) is 0.0769. The van der Waals surface area contributed by atoms with Crippen LogP contribution in [-0.4, -0.2) is 20.2 Å². The van der Waals surface area contributed by atoms with Crippen LogP contribution in [0.1, 0.15) is 5.56 Å². The van der Waals surface area contributed by atoms with Crippen LogP contribution in [-0.2, 0) is 6.54 Å². The number of hydrogen-bond acceptors (Lipinski definition) is 5. The van der Waals surface area contributed by atoms with Crippen LogP contribution < -0.4 is 5.32 Å². The lowest BCUT2D eigenvalue weighted by Crippen LogP contribution is -2.04. The lowest BCUT2D eigenvalue weighted by atomic mass is 10.3. The largest absolute Gasteiger partial charge is 0.349 e. The Morgan fingerprint density at radius 3 is 2.50 bits per heavy atom. The number of para-hydroxylation sites is 1. The topological polar surface area (TPSA) is 63.6 Å². The van der Waals surface area contributed by atoms with E-state index in [1.807, 2.05) is 36.4 Å². The van der Waals surface area contributed by atoms with E-state index in [0.29, 0.717) is 12.5 Å². The van der Waals surface area contributed by atoms with Gasteiger partial charge in [0.1, 0.15) is 5.52 Å². The highest BCUT2D eigenvalue weighted by molar-refractivity contribution is 5.73. The average molecular weight is 237 g/mol. The molecule has 5 heteroatoms. The van der Waals surface area contributed by atoms with Gasteiger partial charge in [-0.15, -0.1) is 10.2 Å². The van der Waals surface area contributed by atoms with Crippen LogP contribution >= 0.6 is 0 Å². The third-order valence-corrected chi connectivity index (χ3v) is 2.56. The molecule has 2 heterocycles. The summed E-state index contributed by atoms with van der Waals surface area (Å²) in [7, 11) is 0. The molecule has 3 rings (SSSR count). The molecule has 0 radical (unpaired) electrons. The molecule has 1 N–H and O–H groups in total. The van der Waals surface area contributed by atoms with E-state index < -0.39 is 0 Å². The fourth-order valence-electron chi connectivity index (χ4n) is 1.64. The van der Waals surface area contributed by atoms with E-state index in [-0.39, 0.29) is 0 Å². The Morgan fingerprint density at radius 2 is 1.67 bits per heavy atom. The third kappa shape index (κ3) is 2.24. The molecule has 0 amide bonds. The number of rotatable bonds is 3. The zero-order valence-corrected chi connectivity index (χ0v) is 9.61. The summed E-state index contributed by atoms with van der Waals surface area (Å²) in [5, 5.41) is 11.3. The molecule has 0 aliphatic carbocycles. The summed E-state index contributed by atoms with van der Waals surface area (Å²) < 4.78 is 0. The smallest absolute Gasteiger partial charge is 0.243 e. The van der Waals surface area contributed by atoms with Crippen LogP contribution in [0.15, 0.2) is 48.8 Å². The molecule has 0 saturated heterocycles. The van der Waals surface area contributed by atoms with Crippen LogP contribution in [0.2, 0.25) is 0 Å². The maximum absolute atomic E-state index is 4.39. The molecule has 3 aromatic rings. The van der Waals surface area contributed by atoms with Gasteiger partial charge >= 0.3 is 0 Å². The Balaban J connectivity index is 1.79. The van der Waals surface area contributed by atoms with Gasteiger partial charge in [0.05, 0.1) is 5.52 Å². The van der Waals surface area contributed by atoms with Crippen LogP contribution in [0.25, 0.3) is 11.0 Å². The van der Waals surface area contributed by atoms with Crippen molar-refractivity contribution in [3.8, 4) is 0 Å². The molecule has 0 aliphatic rings. The highest BCUT2D eigenvalue weighted by Gasteiger charge is 2.00. The summed E-state index contributed by atoms with van der Waals surface area (Å²) in [6.07, 6.45) is 3.52. The van der Waals surface area contributed by atoms with Crippen LogP contribution in [0.5, 0.6) is 0 Å². The van der Waals surface area contributed by atoms with Crippen molar-refractivity contribution in [1.82, 2.24) is 20.2 Å². The molecule has 0 aliphatic heterocycles. The molecular weight excluding hydrogens is 226 g/mol. The predicted octanol–water partition coefficient (Wildman–Crippen LogP) is 2.03. The molecule has 0 atom stereocenters. The number of nitrogens with zero attached hydrogens (tertiary/aromatic N) is 4. The van der Waals surface area contributed by atoms with Gasteiger partial charge in [-0.25, -0.2) is 4.98 Å². The van der Waals surface area contributed by atoms with Crippen molar-refractivity contribution >= 4 is 17.0 Å². The molecule has 88 valence electrons. The maximum Gasteiger partial charge on any atom is 0.243 e. The van der Waals surface area contributed by atoms with E-state index in [2.05, 4.69) is 25.5 Å². The highest BCUT2D eigenvalue weighted by atomic mass is 15.2. The van der Waals surface area contributed by atoms with Crippen LogP contribution in [0.4, 0.5) is 5.95 Å². The molecule has 0 spiro atoms. The van der Waals surface area contributed by atoms with E-state index >= 15 is 0 Å². The summed E-state index contributed by atoms with van der Waals surface area (Å²) in [5.74, 6) is 0.533. The first-order valence-electron chi connectivity index (χ1n) is 5.64. The van der Waals surface area contributed by atoms with E-state index in [4.69, 9.17) is 0 Å². The zero-order chi connectivity index (χ0) is 12.2. The van der Waals surface area contributed by atoms with Crippen molar-refractivity contribution in [2.45, 2.75) is 6.54 Å². The monoisotopic (exact) mass is 237 g/mol. The number of hydrogen-bond donors (Lipinski definition) is 1. The number of nitrogens with one attached hydrogen (secondary N) is 1. The molecule has 2 aromatic heterocycles. The van der Waals surface area contributed by atoms with Gasteiger partial charge in [-0.3, -0.25) is 4.98 Å². The van der Waals surface area contributed by atoms with Crippen molar-refractivity contribution in [2.24, 2.45) is 0 Å². The first-order valence-corrected chi connectivity index (χ1v) is 5.64. The zero-order valence-electron chi connectivity index (χ0n) is 9.61. The number of benzene rings is 1. The summed E-state index contributed by atoms with van der Waals surface area (Å²) in [5.41, 5.74) is 2.76. The van der Waals surface area contributed by atoms with Crippen molar-refractivity contribution in [3.63, 3.8) is 0 Å². The van der Waals surface area contributed by atoms with Crippen molar-refractivity contribution in [1.29, 1.82) is 0 Å². The minimum Gasteiger partial charge on any atom is -0.349 e. The van der Waals surface area contributed by atoms with Crippen LogP contribution in [0, 0.1) is 0 Å². The lowest BCUT2D eigenvalue weighted by Gasteiger charge is -2.04. The van der Waals surface area contributed by atoms with E-state index in [0.717, 1.165) is 16.6 Å². The van der Waals surface area contributed by atoms with E-state index in [1.165, 1.54) is 0 Å². The summed E-state index contributed by atoms with van der Waals surface area (Å²) >= 11 is 0. The van der Waals surface area contributed by atoms with Gasteiger partial charge < -0.3 is 5.32 Å². The van der Waals surface area contributed by atoms with Gasteiger partial charge in [0.25, 0.3) is 0 Å². The first-order chi connectivity index (χ1) is 8.92. The van der Waals surface area contributed by atoms with Gasteiger partial charge in [0, 0.05) is 18.9 Å². The molecule has 0 saturated carbocycles. The van der Waals surface area contributed by atoms with Gasteiger partial charge in [-0.1, -0.05) is 12.1 Å². The number of pyridine rings is 1. The molecule has 0 fully saturated rings. The fourth-order valence-corrected chi connectivity index (χ4v) is 1.64. The van der Waals surface area contributed by atoms with Crippen molar-refractivity contribution in [2.75, 3.05) is 5.32 Å². The third-order valence-electron chi connectivity index (χ3n) is 2.56. The second-order valence-electron chi connectivity index (χ2n) is 3.83. The van der Waals surface area contributed by atoms with Gasteiger partial charge in [0.15, 0.2) is 0 Å². The Labute approximate surface area is 104 Å². The van der Waals surface area contributed by atoms with Crippen molar-refractivity contribution < 1.29 is 0 Å². The Bertz CT molecular complexity index is 654. The standard InChI is InChI=1S/C13H11N5/c1-2-4-12-11(3-1)16-13(18-17-12)15-9-10-5-7-14-8-6-10/h1-8H,9H2,(H,15,16,18). The molecule has 0 unspecified atom stereocenters. The van der Waals surface area contributed by atoms with E-state index in [1.54, 1.807) is 12.4 Å². The number of anilines is 1. The Kier molecular flexibility index (Phi) is 2.79. The van der Waals surface area contributed by atoms with Crippen molar-refractivity contribution in [3.05, 3.63) is 54.4 Å². The predicted molar refractivity (Wildman–Crippen MR) is 68.9 cm³/mol. The maximum atomic E-state index is 4.39. The quantitative estimate of drug-likeness (QED) is 0.755. The first kappa shape index (κ1) is 10.6. The minimum atomic E-state index is 0.533. The van der Waals surface area contributed by atoms with Gasteiger partial charge in [-0.05, 0) is 29.8 Å². The summed E-state index contributed by atoms with van der Waals surface area (Å²) in [4.78, 5) is 8.36. The summed E-state index contributed by atoms with van der Waals surface area (Å²) in [6.45, 7) is 0.655. The second-order valence-corrected chi connectivity index (χ2v) is 3.83. The molecule has 5 nitrogen and oxygen atoms in total. The average Bonchev–Trinajstić information content (AvgIpc) is 2.46. The normalized spacial score (nSPS) is 10.4. The second kappa shape index (κ2) is 4.75. The Hall–Kier alpha value is -2.56. The molecule has 1 aromatic carbocycles. The van der Waals surface area contributed by atoms with Gasteiger partial charge in [-0.2, -0.15) is 0 Å². The summed E-state index contributed by atoms with van der Waals surface area (Å²) in [6, 6.07) is 11.6. The molecular formula is C13H11N5. The number of aromatic nitrogens is 4. The van der Waals surface area contributed by atoms with Crippen LogP contribution in [0.3, 0.4) is 0 Å². The lowest BCUT2D eigenvalue weighted by molar-refractivity contribution is 0.982. The Morgan fingerprint density at radius 1 is 0.889 bits per heavy atom. The highest BCUT2D eigenvalue weighted by Crippen LogP contribution is 2.09. The number of fused-ring (bicyclic) bond motifs is 1. The molecule has 0 bridgehead atoms. The molecule has 18 heavy (non-hydrogen) atoms. The SMILES string of the molecule is c1ccc2nc(NCc3ccncc3)nnc2c1. The van der Waals surface area contributed by atoms with E-state index in [9.17, 15) is 0 Å². The minimum absolute atomic E-state index is 0.533.